The van der Waals surface area contributed by atoms with Crippen LogP contribution in [0.5, 0.6) is 0 Å². The summed E-state index contributed by atoms with van der Waals surface area (Å²) in [5, 5.41) is 0. The van der Waals surface area contributed by atoms with Crippen molar-refractivity contribution in [3.8, 4) is 0 Å². The minimum atomic E-state index is -1.30. The highest BCUT2D eigenvalue weighted by molar-refractivity contribution is 5.69. The van der Waals surface area contributed by atoms with Gasteiger partial charge in [-0.1, -0.05) is 33.6 Å². The highest BCUT2D eigenvalue weighted by Crippen LogP contribution is 2.31. The molecule has 5 atom stereocenters. The molecule has 182 valence electrons. The smallest absolute Gasteiger partial charge is 0.305 e. The Morgan fingerprint density at radius 3 is 1.75 bits per heavy atom. The fourth-order valence-corrected chi connectivity index (χ4v) is 2.36. The molecule has 1 saturated heterocycles. The third kappa shape index (κ3) is 9.27. The molecule has 1 aliphatic rings. The van der Waals surface area contributed by atoms with Crippen LogP contribution in [0.1, 0.15) is 47.5 Å². The molecule has 0 aliphatic carbocycles. The quantitative estimate of drug-likeness (QED) is 0.165. The molecule has 0 aromatic heterocycles. The lowest BCUT2D eigenvalue weighted by Gasteiger charge is -2.42. The molecule has 0 N–H and O–H groups in total. The molecule has 0 radical (unpaired) electrons. The summed E-state index contributed by atoms with van der Waals surface area (Å²) in [6.07, 6.45) is -5.65. The van der Waals surface area contributed by atoms with Gasteiger partial charge in [0.2, 0.25) is 6.29 Å². The molecule has 0 aromatic carbocycles. The Morgan fingerprint density at radius 2 is 1.25 bits per heavy atom. The number of allylic oxidation sites excluding steroid dienone is 3. The first kappa shape index (κ1) is 27.4. The lowest BCUT2D eigenvalue weighted by atomic mass is 9.99. The first-order valence-corrected chi connectivity index (χ1v) is 10.1. The van der Waals surface area contributed by atoms with Gasteiger partial charge in [-0.25, -0.2) is 0 Å². The summed E-state index contributed by atoms with van der Waals surface area (Å²) in [5.41, 5.74) is 0. The van der Waals surface area contributed by atoms with E-state index in [0.717, 1.165) is 0 Å². The number of rotatable bonds is 14. The van der Waals surface area contributed by atoms with Crippen molar-refractivity contribution >= 4 is 11.9 Å². The van der Waals surface area contributed by atoms with Gasteiger partial charge >= 0.3 is 11.9 Å². The zero-order valence-corrected chi connectivity index (χ0v) is 19.1. The second-order valence-electron chi connectivity index (χ2n) is 6.96. The fourth-order valence-electron chi connectivity index (χ4n) is 2.36. The van der Waals surface area contributed by atoms with Crippen LogP contribution in [-0.4, -0.2) is 49.3 Å². The van der Waals surface area contributed by atoms with Crippen LogP contribution in [0.25, 0.3) is 0 Å². The van der Waals surface area contributed by atoms with Gasteiger partial charge in [0.25, 0.3) is 0 Å². The largest absolute Gasteiger partial charge is 0.463 e. The van der Waals surface area contributed by atoms with Gasteiger partial charge in [0.05, 0.1) is 0 Å². The summed E-state index contributed by atoms with van der Waals surface area (Å²) in [6, 6.07) is 0. The van der Waals surface area contributed by atoms with Gasteiger partial charge in [-0.2, -0.15) is 14.7 Å². The summed E-state index contributed by atoms with van der Waals surface area (Å²) in [6.45, 7) is 18.4. The van der Waals surface area contributed by atoms with Crippen molar-refractivity contribution in [1.29, 1.82) is 0 Å². The Morgan fingerprint density at radius 1 is 0.750 bits per heavy atom. The summed E-state index contributed by atoms with van der Waals surface area (Å²) in [5.74, 6) is -0.403. The highest BCUT2D eigenvalue weighted by atomic mass is 17.3. The van der Waals surface area contributed by atoms with E-state index < -0.39 is 42.6 Å². The van der Waals surface area contributed by atoms with E-state index >= 15 is 0 Å². The van der Waals surface area contributed by atoms with Crippen LogP contribution in [0.15, 0.2) is 37.0 Å². The molecule has 0 spiro atoms. The summed E-state index contributed by atoms with van der Waals surface area (Å²) >= 11 is 0. The van der Waals surface area contributed by atoms with Crippen molar-refractivity contribution in [3.63, 3.8) is 0 Å². The standard InChI is InChI=1S/C21H32O11/c1-9-16(22)24-11-15-18(26-17(23)10-2)19(30-27-12(3)4)20(31-28-13(5)6)21(25-15)32-29-14(7)8/h15,18-21H,3,5,7,9-11H2,1-2,4,6,8H3. The molecule has 32 heavy (non-hydrogen) atoms. The molecule has 1 rings (SSSR count). The van der Waals surface area contributed by atoms with Crippen LogP contribution in [0.4, 0.5) is 0 Å². The van der Waals surface area contributed by atoms with Crippen LogP contribution in [0.3, 0.4) is 0 Å². The monoisotopic (exact) mass is 460 g/mol. The molecule has 0 saturated carbocycles. The average Bonchev–Trinajstić information content (AvgIpc) is 2.73. The minimum absolute atomic E-state index is 0.0680. The molecular weight excluding hydrogens is 428 g/mol. The number of ether oxygens (including phenoxy) is 3. The maximum Gasteiger partial charge on any atom is 0.305 e. The summed E-state index contributed by atoms with van der Waals surface area (Å²) in [7, 11) is 0. The number of carbonyl (C=O) groups is 2. The van der Waals surface area contributed by atoms with Crippen LogP contribution in [0.2, 0.25) is 0 Å². The van der Waals surface area contributed by atoms with Crippen molar-refractivity contribution in [1.82, 2.24) is 0 Å². The van der Waals surface area contributed by atoms with Crippen LogP contribution in [0, 0.1) is 0 Å². The van der Waals surface area contributed by atoms with E-state index in [-0.39, 0.29) is 36.7 Å². The Bertz CT molecular complexity index is 675. The molecule has 11 heteroatoms. The SMILES string of the molecule is C=C(C)OOC1OC(COC(=O)CC)C(OC(=O)CC)C(OOC(=C)C)C1OOC(=C)C. The van der Waals surface area contributed by atoms with Gasteiger partial charge < -0.3 is 28.9 Å². The van der Waals surface area contributed by atoms with Gasteiger partial charge in [-0.3, -0.25) is 9.59 Å². The molecular formula is C21H32O11. The second kappa shape index (κ2) is 13.7. The second-order valence-corrected chi connectivity index (χ2v) is 6.96. The summed E-state index contributed by atoms with van der Waals surface area (Å²) in [4.78, 5) is 55.1. The number of hydrogen-bond donors (Lipinski definition) is 0. The maximum atomic E-state index is 12.1. The van der Waals surface area contributed by atoms with Gasteiger partial charge in [-0.05, 0) is 20.8 Å². The van der Waals surface area contributed by atoms with E-state index in [9.17, 15) is 9.59 Å². The predicted molar refractivity (Wildman–Crippen MR) is 109 cm³/mol. The highest BCUT2D eigenvalue weighted by Gasteiger charge is 2.54. The third-order valence-corrected chi connectivity index (χ3v) is 3.73. The van der Waals surface area contributed by atoms with Gasteiger partial charge in [0.15, 0.2) is 18.3 Å². The topological polar surface area (TPSA) is 117 Å². The van der Waals surface area contributed by atoms with Crippen LogP contribution < -0.4 is 0 Å². The van der Waals surface area contributed by atoms with Crippen LogP contribution >= 0.6 is 0 Å². The molecule has 5 unspecified atom stereocenters. The van der Waals surface area contributed by atoms with E-state index in [2.05, 4.69) is 19.7 Å². The van der Waals surface area contributed by atoms with Gasteiger partial charge in [0.1, 0.15) is 30.0 Å². The van der Waals surface area contributed by atoms with E-state index in [1.54, 1.807) is 34.6 Å². The molecule has 0 aromatic rings. The predicted octanol–water partition coefficient (Wildman–Crippen LogP) is 3.17. The number of carbonyl (C=O) groups excluding carboxylic acids is 2. The minimum Gasteiger partial charge on any atom is -0.463 e. The first-order chi connectivity index (χ1) is 15.1. The molecule has 11 nitrogen and oxygen atoms in total. The Labute approximate surface area is 187 Å². The molecule has 1 heterocycles. The van der Waals surface area contributed by atoms with E-state index in [1.165, 1.54) is 0 Å². The fraction of sp³-hybridized carbons (Fsp3) is 0.619. The molecule has 0 amide bonds. The van der Waals surface area contributed by atoms with E-state index in [0.29, 0.717) is 0 Å². The molecule has 1 aliphatic heterocycles. The first-order valence-electron chi connectivity index (χ1n) is 10.1. The van der Waals surface area contributed by atoms with Gasteiger partial charge in [-0.15, -0.1) is 0 Å². The van der Waals surface area contributed by atoms with Crippen molar-refractivity contribution in [2.24, 2.45) is 0 Å². The average molecular weight is 460 g/mol. The van der Waals surface area contributed by atoms with Crippen molar-refractivity contribution in [3.05, 3.63) is 37.0 Å². The number of hydrogen-bond acceptors (Lipinski definition) is 11. The Kier molecular flexibility index (Phi) is 11.8. The zero-order chi connectivity index (χ0) is 24.3. The van der Waals surface area contributed by atoms with E-state index in [1.807, 2.05) is 0 Å². The molecule has 1 fully saturated rings. The normalized spacial score (nSPS) is 24.7. The van der Waals surface area contributed by atoms with E-state index in [4.69, 9.17) is 43.5 Å². The van der Waals surface area contributed by atoms with Crippen molar-refractivity contribution < 1.29 is 53.1 Å². The number of esters is 2. The lowest BCUT2D eigenvalue weighted by molar-refractivity contribution is -0.472. The summed E-state index contributed by atoms with van der Waals surface area (Å²) < 4.78 is 16.5. The van der Waals surface area contributed by atoms with Crippen molar-refractivity contribution in [2.75, 3.05) is 6.61 Å². The Balaban J connectivity index is 3.30. The van der Waals surface area contributed by atoms with Crippen molar-refractivity contribution in [2.45, 2.75) is 78.2 Å². The van der Waals surface area contributed by atoms with Crippen LogP contribution in [-0.2, 0) is 53.1 Å². The zero-order valence-electron chi connectivity index (χ0n) is 19.1. The Hall–Kier alpha value is -2.60. The van der Waals surface area contributed by atoms with Gasteiger partial charge in [0, 0.05) is 12.8 Å². The third-order valence-electron chi connectivity index (χ3n) is 3.73. The lowest BCUT2D eigenvalue weighted by Crippen LogP contribution is -2.62. The maximum absolute atomic E-state index is 12.1. The molecule has 0 bridgehead atoms.